The third-order valence-electron chi connectivity index (χ3n) is 3.64. The molecule has 1 fully saturated rings. The number of hydrogen-bond donors (Lipinski definition) is 1. The van der Waals surface area contributed by atoms with Crippen molar-refractivity contribution in [3.8, 4) is 0 Å². The predicted octanol–water partition coefficient (Wildman–Crippen LogP) is 2.74. The van der Waals surface area contributed by atoms with Crippen LogP contribution >= 0.6 is 0 Å². The van der Waals surface area contributed by atoms with Crippen molar-refractivity contribution >= 4 is 0 Å². The molecule has 0 bridgehead atoms. The molecule has 1 saturated heterocycles. The Hall–Kier alpha value is -0.380. The molecule has 0 radical (unpaired) electrons. The van der Waals surface area contributed by atoms with Gasteiger partial charge in [0.2, 0.25) is 0 Å². The lowest BCUT2D eigenvalue weighted by Crippen LogP contribution is -2.53. The standard InChI is InChI=1S/C14H26O3/c1-7-8-12-10(3)13(9(2)11(4)15)17-14(5,6)16-12/h7,9-13,15H,1,8H2,2-6H3/t9-,10-,11+,12+,13+/m1/s1. The fourth-order valence-corrected chi connectivity index (χ4v) is 2.43. The van der Waals surface area contributed by atoms with E-state index in [2.05, 4.69) is 13.5 Å². The van der Waals surface area contributed by atoms with E-state index in [0.29, 0.717) is 0 Å². The van der Waals surface area contributed by atoms with Crippen molar-refractivity contribution in [2.45, 2.75) is 65.1 Å². The summed E-state index contributed by atoms with van der Waals surface area (Å²) >= 11 is 0. The molecule has 0 unspecified atom stereocenters. The number of aliphatic hydroxyl groups excluding tert-OH is 1. The van der Waals surface area contributed by atoms with E-state index in [4.69, 9.17) is 9.47 Å². The zero-order valence-corrected chi connectivity index (χ0v) is 11.6. The summed E-state index contributed by atoms with van der Waals surface area (Å²) in [6.07, 6.45) is 2.45. The van der Waals surface area contributed by atoms with Gasteiger partial charge in [0.25, 0.3) is 0 Å². The fourth-order valence-electron chi connectivity index (χ4n) is 2.43. The molecule has 1 heterocycles. The highest BCUT2D eigenvalue weighted by Gasteiger charge is 2.43. The summed E-state index contributed by atoms with van der Waals surface area (Å²) in [7, 11) is 0. The van der Waals surface area contributed by atoms with Gasteiger partial charge in [-0.1, -0.05) is 19.9 Å². The Morgan fingerprint density at radius 3 is 2.41 bits per heavy atom. The third kappa shape index (κ3) is 3.54. The number of hydrogen-bond acceptors (Lipinski definition) is 3. The Balaban J connectivity index is 2.84. The van der Waals surface area contributed by atoms with Crippen molar-refractivity contribution in [2.24, 2.45) is 11.8 Å². The van der Waals surface area contributed by atoms with E-state index < -0.39 is 5.79 Å². The minimum atomic E-state index is -0.589. The van der Waals surface area contributed by atoms with Crippen LogP contribution in [0.5, 0.6) is 0 Å². The lowest BCUT2D eigenvalue weighted by molar-refractivity contribution is -0.329. The second-order valence-corrected chi connectivity index (χ2v) is 5.62. The first-order chi connectivity index (χ1) is 7.78. The van der Waals surface area contributed by atoms with Gasteiger partial charge in [-0.25, -0.2) is 0 Å². The van der Waals surface area contributed by atoms with Crippen molar-refractivity contribution in [2.75, 3.05) is 0 Å². The van der Waals surface area contributed by atoms with E-state index in [0.717, 1.165) is 6.42 Å². The van der Waals surface area contributed by atoms with Gasteiger partial charge < -0.3 is 14.6 Å². The zero-order valence-electron chi connectivity index (χ0n) is 11.6. The van der Waals surface area contributed by atoms with Crippen LogP contribution in [-0.4, -0.2) is 29.2 Å². The van der Waals surface area contributed by atoms with Crippen LogP contribution in [0.15, 0.2) is 12.7 Å². The topological polar surface area (TPSA) is 38.7 Å². The van der Waals surface area contributed by atoms with Gasteiger partial charge in [0, 0.05) is 11.8 Å². The van der Waals surface area contributed by atoms with E-state index in [-0.39, 0.29) is 30.1 Å². The second kappa shape index (κ2) is 5.51. The van der Waals surface area contributed by atoms with Gasteiger partial charge in [-0.2, -0.15) is 0 Å². The maximum atomic E-state index is 9.74. The highest BCUT2D eigenvalue weighted by molar-refractivity contribution is 4.89. The summed E-state index contributed by atoms with van der Waals surface area (Å²) in [6, 6.07) is 0. The highest BCUT2D eigenvalue weighted by atomic mass is 16.7. The van der Waals surface area contributed by atoms with E-state index in [9.17, 15) is 5.11 Å². The molecule has 0 aromatic rings. The smallest absolute Gasteiger partial charge is 0.163 e. The second-order valence-electron chi connectivity index (χ2n) is 5.62. The van der Waals surface area contributed by atoms with E-state index in [1.54, 1.807) is 0 Å². The molecule has 0 spiro atoms. The summed E-state index contributed by atoms with van der Waals surface area (Å²) in [6.45, 7) is 13.6. The molecule has 3 nitrogen and oxygen atoms in total. The molecule has 1 aliphatic rings. The maximum Gasteiger partial charge on any atom is 0.163 e. The van der Waals surface area contributed by atoms with Crippen molar-refractivity contribution < 1.29 is 14.6 Å². The highest BCUT2D eigenvalue weighted by Crippen LogP contribution is 2.36. The Bertz CT molecular complexity index is 260. The summed E-state index contributed by atoms with van der Waals surface area (Å²) in [5, 5.41) is 9.74. The van der Waals surface area contributed by atoms with Gasteiger partial charge >= 0.3 is 0 Å². The van der Waals surface area contributed by atoms with Gasteiger partial charge in [-0.05, 0) is 27.2 Å². The van der Waals surface area contributed by atoms with Crippen LogP contribution in [0.2, 0.25) is 0 Å². The predicted molar refractivity (Wildman–Crippen MR) is 68.6 cm³/mol. The van der Waals surface area contributed by atoms with Crippen LogP contribution in [-0.2, 0) is 9.47 Å². The minimum absolute atomic E-state index is 0.0173. The molecule has 5 atom stereocenters. The quantitative estimate of drug-likeness (QED) is 0.770. The average molecular weight is 242 g/mol. The van der Waals surface area contributed by atoms with E-state index in [1.807, 2.05) is 33.8 Å². The summed E-state index contributed by atoms with van der Waals surface area (Å²) < 4.78 is 11.9. The van der Waals surface area contributed by atoms with Gasteiger partial charge in [0.05, 0.1) is 18.3 Å². The molecule has 0 saturated carbocycles. The lowest BCUT2D eigenvalue weighted by Gasteiger charge is -2.47. The third-order valence-corrected chi connectivity index (χ3v) is 3.64. The maximum absolute atomic E-state index is 9.74. The summed E-state index contributed by atoms with van der Waals surface area (Å²) in [4.78, 5) is 0. The zero-order chi connectivity index (χ0) is 13.2. The van der Waals surface area contributed by atoms with Gasteiger partial charge in [0.15, 0.2) is 5.79 Å². The largest absolute Gasteiger partial charge is 0.393 e. The van der Waals surface area contributed by atoms with Gasteiger partial charge in [-0.15, -0.1) is 6.58 Å². The van der Waals surface area contributed by atoms with Crippen LogP contribution in [0.4, 0.5) is 0 Å². The molecule has 0 amide bonds. The van der Waals surface area contributed by atoms with Crippen molar-refractivity contribution in [3.05, 3.63) is 12.7 Å². The monoisotopic (exact) mass is 242 g/mol. The summed E-state index contributed by atoms with van der Waals surface area (Å²) in [5.74, 6) is -0.236. The van der Waals surface area contributed by atoms with E-state index in [1.165, 1.54) is 0 Å². The molecule has 1 N–H and O–H groups in total. The van der Waals surface area contributed by atoms with Crippen molar-refractivity contribution in [3.63, 3.8) is 0 Å². The van der Waals surface area contributed by atoms with Crippen molar-refractivity contribution in [1.82, 2.24) is 0 Å². The molecule has 0 aromatic heterocycles. The Morgan fingerprint density at radius 2 is 1.94 bits per heavy atom. The van der Waals surface area contributed by atoms with Gasteiger partial charge in [-0.3, -0.25) is 0 Å². The van der Waals surface area contributed by atoms with E-state index >= 15 is 0 Å². The molecule has 3 heteroatoms. The van der Waals surface area contributed by atoms with Crippen LogP contribution in [0, 0.1) is 11.8 Å². The minimum Gasteiger partial charge on any atom is -0.393 e. The SMILES string of the molecule is C=CC[C@@H]1OC(C)(C)O[C@@H]([C@H](C)[C@H](C)O)[C@@H]1C. The molecular formula is C14H26O3. The summed E-state index contributed by atoms with van der Waals surface area (Å²) in [5.41, 5.74) is 0. The van der Waals surface area contributed by atoms with Crippen LogP contribution in [0.1, 0.15) is 41.0 Å². The van der Waals surface area contributed by atoms with Crippen LogP contribution in [0.25, 0.3) is 0 Å². The molecule has 0 aliphatic carbocycles. The van der Waals surface area contributed by atoms with Crippen LogP contribution < -0.4 is 0 Å². The molecule has 17 heavy (non-hydrogen) atoms. The molecule has 1 aliphatic heterocycles. The molecule has 1 rings (SSSR count). The Labute approximate surface area is 105 Å². The molecule has 0 aromatic carbocycles. The number of rotatable bonds is 4. The van der Waals surface area contributed by atoms with Crippen LogP contribution in [0.3, 0.4) is 0 Å². The Kier molecular flexibility index (Phi) is 4.76. The molecule has 100 valence electrons. The lowest BCUT2D eigenvalue weighted by atomic mass is 9.84. The fraction of sp³-hybridized carbons (Fsp3) is 0.857. The first-order valence-electron chi connectivity index (χ1n) is 6.43. The molecular weight excluding hydrogens is 216 g/mol. The average Bonchev–Trinajstić information content (AvgIpc) is 2.21. The normalized spacial score (nSPS) is 36.2. The Morgan fingerprint density at radius 1 is 1.35 bits per heavy atom. The van der Waals surface area contributed by atoms with Gasteiger partial charge in [0.1, 0.15) is 0 Å². The first kappa shape index (κ1) is 14.7. The van der Waals surface area contributed by atoms with Crippen molar-refractivity contribution in [1.29, 1.82) is 0 Å². The number of aliphatic hydroxyl groups is 1. The number of ether oxygens (including phenoxy) is 2. The first-order valence-corrected chi connectivity index (χ1v) is 6.43.